The lowest BCUT2D eigenvalue weighted by molar-refractivity contribution is -0.318. The zero-order valence-corrected chi connectivity index (χ0v) is 12.7. The Hall–Kier alpha value is -1.93. The Labute approximate surface area is 136 Å². The Morgan fingerprint density at radius 1 is 1.29 bits per heavy atom. The summed E-state index contributed by atoms with van der Waals surface area (Å²) in [7, 11) is 0. The van der Waals surface area contributed by atoms with E-state index < -0.39 is 29.8 Å². The molecule has 1 aliphatic carbocycles. The van der Waals surface area contributed by atoms with E-state index in [2.05, 4.69) is 5.10 Å². The number of fused-ring (bicyclic) bond motifs is 1. The molecule has 3 atom stereocenters. The SMILES string of the molecule is O=C([C@@H](O)c1ccccc1)N1N=C2CCCC[C@@H]2[C@@]1(O)C(F)(F)F. The van der Waals surface area contributed by atoms with Crippen LogP contribution in [0.25, 0.3) is 0 Å². The van der Waals surface area contributed by atoms with Crippen LogP contribution >= 0.6 is 0 Å². The molecule has 3 rings (SSSR count). The quantitative estimate of drug-likeness (QED) is 0.867. The van der Waals surface area contributed by atoms with Crippen molar-refractivity contribution in [1.29, 1.82) is 0 Å². The van der Waals surface area contributed by atoms with Gasteiger partial charge in [0.2, 0.25) is 0 Å². The van der Waals surface area contributed by atoms with E-state index in [9.17, 15) is 28.2 Å². The van der Waals surface area contributed by atoms with Gasteiger partial charge in [0.05, 0.1) is 5.92 Å². The smallest absolute Gasteiger partial charge is 0.378 e. The molecule has 8 heteroatoms. The van der Waals surface area contributed by atoms with Gasteiger partial charge in [-0.2, -0.15) is 23.3 Å². The number of amides is 1. The normalized spacial score (nSPS) is 28.3. The molecule has 0 radical (unpaired) electrons. The summed E-state index contributed by atoms with van der Waals surface area (Å²) in [4.78, 5) is 12.5. The summed E-state index contributed by atoms with van der Waals surface area (Å²) < 4.78 is 40.8. The molecule has 1 saturated carbocycles. The molecule has 1 amide bonds. The van der Waals surface area contributed by atoms with Crippen LogP contribution in [0.5, 0.6) is 0 Å². The summed E-state index contributed by atoms with van der Waals surface area (Å²) >= 11 is 0. The van der Waals surface area contributed by atoms with Crippen LogP contribution in [0, 0.1) is 5.92 Å². The summed E-state index contributed by atoms with van der Waals surface area (Å²) in [5, 5.41) is 24.3. The van der Waals surface area contributed by atoms with Gasteiger partial charge in [0, 0.05) is 5.71 Å². The van der Waals surface area contributed by atoms with Gasteiger partial charge in [0.15, 0.2) is 6.10 Å². The number of hydrogen-bond acceptors (Lipinski definition) is 4. The third-order valence-electron chi connectivity index (χ3n) is 4.59. The zero-order chi connectivity index (χ0) is 17.5. The minimum absolute atomic E-state index is 0.0377. The topological polar surface area (TPSA) is 73.1 Å². The zero-order valence-electron chi connectivity index (χ0n) is 12.7. The molecule has 0 spiro atoms. The van der Waals surface area contributed by atoms with Gasteiger partial charge < -0.3 is 10.2 Å². The molecule has 1 heterocycles. The van der Waals surface area contributed by atoms with Crippen molar-refractivity contribution in [3.8, 4) is 0 Å². The number of hydrazone groups is 1. The molecule has 0 bridgehead atoms. The Morgan fingerprint density at radius 2 is 1.96 bits per heavy atom. The largest absolute Gasteiger partial charge is 0.439 e. The fourth-order valence-electron chi connectivity index (χ4n) is 3.33. The fourth-order valence-corrected chi connectivity index (χ4v) is 3.33. The number of carbonyl (C=O) groups is 1. The van der Waals surface area contributed by atoms with Crippen LogP contribution < -0.4 is 0 Å². The van der Waals surface area contributed by atoms with E-state index in [1.54, 1.807) is 18.2 Å². The standard InChI is InChI=1S/C16H17F3N2O3/c17-16(18,19)15(24)11-8-4-5-9-12(11)20-21(15)14(23)13(22)10-6-2-1-3-7-10/h1-3,6-7,11,13,22,24H,4-5,8-9H2/t11-,13-,15+/m0/s1. The van der Waals surface area contributed by atoms with Crippen LogP contribution in [0.3, 0.4) is 0 Å². The van der Waals surface area contributed by atoms with Crippen molar-refractivity contribution in [2.45, 2.75) is 43.7 Å². The van der Waals surface area contributed by atoms with E-state index in [1.807, 2.05) is 0 Å². The average molecular weight is 342 g/mol. The number of hydrogen-bond donors (Lipinski definition) is 2. The molecular formula is C16H17F3N2O3. The molecule has 2 aliphatic rings. The molecule has 2 N–H and O–H groups in total. The number of halogens is 3. The van der Waals surface area contributed by atoms with Crippen LogP contribution in [0.15, 0.2) is 35.4 Å². The van der Waals surface area contributed by atoms with Crippen LogP contribution in [0.1, 0.15) is 37.4 Å². The van der Waals surface area contributed by atoms with Crippen LogP contribution in [-0.4, -0.2) is 38.7 Å². The molecular weight excluding hydrogens is 325 g/mol. The molecule has 0 unspecified atom stereocenters. The van der Waals surface area contributed by atoms with Gasteiger partial charge in [-0.3, -0.25) is 4.79 Å². The third-order valence-corrected chi connectivity index (χ3v) is 4.59. The van der Waals surface area contributed by atoms with Gasteiger partial charge in [0.1, 0.15) is 0 Å². The highest BCUT2D eigenvalue weighted by atomic mass is 19.4. The number of aliphatic hydroxyl groups excluding tert-OH is 1. The monoisotopic (exact) mass is 342 g/mol. The van der Waals surface area contributed by atoms with Crippen LogP contribution in [0.4, 0.5) is 13.2 Å². The minimum Gasteiger partial charge on any atom is -0.378 e. The highest BCUT2D eigenvalue weighted by molar-refractivity contribution is 5.94. The summed E-state index contributed by atoms with van der Waals surface area (Å²) in [5.41, 5.74) is -3.10. The second-order valence-electron chi connectivity index (χ2n) is 6.08. The summed E-state index contributed by atoms with van der Waals surface area (Å²) in [6, 6.07) is 7.60. The molecule has 1 aromatic carbocycles. The van der Waals surface area contributed by atoms with Crippen molar-refractivity contribution < 1.29 is 28.2 Å². The highest BCUT2D eigenvalue weighted by Gasteiger charge is 2.68. The fraction of sp³-hybridized carbons (Fsp3) is 0.500. The first-order chi connectivity index (χ1) is 11.3. The predicted molar refractivity (Wildman–Crippen MR) is 78.6 cm³/mol. The number of alkyl halides is 3. The van der Waals surface area contributed by atoms with Gasteiger partial charge in [-0.1, -0.05) is 36.8 Å². The summed E-state index contributed by atoms with van der Waals surface area (Å²) in [6.07, 6.45) is -5.33. The molecule has 0 aromatic heterocycles. The number of benzene rings is 1. The first kappa shape index (κ1) is 16.9. The average Bonchev–Trinajstić information content (AvgIpc) is 2.89. The number of aliphatic hydroxyl groups is 2. The highest BCUT2D eigenvalue weighted by Crippen LogP contribution is 2.48. The molecule has 24 heavy (non-hydrogen) atoms. The van der Waals surface area contributed by atoms with Crippen molar-refractivity contribution in [1.82, 2.24) is 5.01 Å². The molecule has 1 aromatic rings. The van der Waals surface area contributed by atoms with Crippen molar-refractivity contribution in [2.24, 2.45) is 11.0 Å². The van der Waals surface area contributed by atoms with E-state index in [0.717, 1.165) is 0 Å². The van der Waals surface area contributed by atoms with E-state index in [4.69, 9.17) is 0 Å². The molecule has 5 nitrogen and oxygen atoms in total. The second kappa shape index (κ2) is 5.86. The van der Waals surface area contributed by atoms with E-state index >= 15 is 0 Å². The Balaban J connectivity index is 1.98. The van der Waals surface area contributed by atoms with E-state index in [1.165, 1.54) is 12.1 Å². The molecule has 1 aliphatic heterocycles. The van der Waals surface area contributed by atoms with Crippen molar-refractivity contribution in [3.63, 3.8) is 0 Å². The first-order valence-corrected chi connectivity index (χ1v) is 7.70. The van der Waals surface area contributed by atoms with E-state index in [0.29, 0.717) is 19.3 Å². The molecule has 0 saturated heterocycles. The van der Waals surface area contributed by atoms with Crippen molar-refractivity contribution in [3.05, 3.63) is 35.9 Å². The molecule has 130 valence electrons. The lowest BCUT2D eigenvalue weighted by Crippen LogP contribution is -2.62. The maximum absolute atomic E-state index is 13.6. The first-order valence-electron chi connectivity index (χ1n) is 7.70. The lowest BCUT2D eigenvalue weighted by Gasteiger charge is -2.38. The number of nitrogens with zero attached hydrogens (tertiary/aromatic N) is 2. The van der Waals surface area contributed by atoms with Gasteiger partial charge in [-0.05, 0) is 24.8 Å². The minimum atomic E-state index is -5.08. The van der Waals surface area contributed by atoms with Gasteiger partial charge in [-0.15, -0.1) is 0 Å². The summed E-state index contributed by atoms with van der Waals surface area (Å²) in [5.74, 6) is -2.57. The second-order valence-corrected chi connectivity index (χ2v) is 6.08. The van der Waals surface area contributed by atoms with Gasteiger partial charge in [0.25, 0.3) is 11.6 Å². The van der Waals surface area contributed by atoms with E-state index in [-0.39, 0.29) is 22.7 Å². The number of carbonyl (C=O) groups excluding carboxylic acids is 1. The predicted octanol–water partition coefficient (Wildman–Crippen LogP) is 2.36. The Morgan fingerprint density at radius 3 is 2.58 bits per heavy atom. The van der Waals surface area contributed by atoms with Gasteiger partial charge in [-0.25, -0.2) is 0 Å². The lowest BCUT2D eigenvalue weighted by atomic mass is 9.80. The maximum Gasteiger partial charge on any atom is 0.439 e. The van der Waals surface area contributed by atoms with Crippen molar-refractivity contribution in [2.75, 3.05) is 0 Å². The maximum atomic E-state index is 13.6. The van der Waals surface area contributed by atoms with Crippen LogP contribution in [-0.2, 0) is 4.79 Å². The van der Waals surface area contributed by atoms with Gasteiger partial charge >= 0.3 is 6.18 Å². The van der Waals surface area contributed by atoms with Crippen molar-refractivity contribution >= 4 is 11.6 Å². The molecule has 1 fully saturated rings. The number of rotatable bonds is 2. The van der Waals surface area contributed by atoms with Crippen LogP contribution in [0.2, 0.25) is 0 Å². The Bertz CT molecular complexity index is 662. The Kier molecular flexibility index (Phi) is 4.13. The third kappa shape index (κ3) is 2.50. The summed E-state index contributed by atoms with van der Waals surface area (Å²) in [6.45, 7) is 0.